The van der Waals surface area contributed by atoms with E-state index >= 15 is 0 Å². The Kier molecular flexibility index (Phi) is 17.3. The van der Waals surface area contributed by atoms with Gasteiger partial charge in [0.1, 0.15) is 0 Å². The predicted molar refractivity (Wildman–Crippen MR) is 465 cm³/mol. The molecule has 2 aliphatic carbocycles. The van der Waals surface area contributed by atoms with Crippen LogP contribution in [0.2, 0.25) is 0 Å². The molecule has 110 heavy (non-hydrogen) atoms. The number of benzene rings is 16. The van der Waals surface area contributed by atoms with E-state index in [1.807, 2.05) is 0 Å². The van der Waals surface area contributed by atoms with Gasteiger partial charge < -0.3 is 19.6 Å². The summed E-state index contributed by atoms with van der Waals surface area (Å²) in [6, 6.07) is 134. The van der Waals surface area contributed by atoms with Crippen molar-refractivity contribution < 1.29 is 0 Å². The minimum atomic E-state index is -0.826. The number of hydrogen-bond donors (Lipinski definition) is 0. The van der Waals surface area contributed by atoms with E-state index in [-0.39, 0.29) is 0 Å². The largest absolute Gasteiger partial charge is 0.311 e. The molecule has 4 heteroatoms. The molecule has 0 heterocycles. The molecule has 532 valence electrons. The lowest BCUT2D eigenvalue weighted by molar-refractivity contribution is 0.758. The normalized spacial score (nSPS) is 12.8. The Bertz CT molecular complexity index is 5920. The van der Waals surface area contributed by atoms with Crippen molar-refractivity contribution in [3.05, 3.63) is 452 Å². The zero-order valence-electron chi connectivity index (χ0n) is 64.3. The van der Waals surface area contributed by atoms with Crippen LogP contribution in [0.1, 0.15) is 100 Å². The van der Waals surface area contributed by atoms with Crippen LogP contribution in [0.5, 0.6) is 0 Å². The lowest BCUT2D eigenvalue weighted by atomic mass is 9.65. The third-order valence-electron chi connectivity index (χ3n) is 23.3. The number of hydrogen-bond acceptors (Lipinski definition) is 4. The molecule has 0 saturated carbocycles. The second-order valence-corrected chi connectivity index (χ2v) is 30.9. The fourth-order valence-corrected chi connectivity index (χ4v) is 17.5. The molecule has 0 aromatic heterocycles. The molecule has 0 aliphatic heterocycles. The van der Waals surface area contributed by atoms with Gasteiger partial charge in [-0.05, 0) is 293 Å². The topological polar surface area (TPSA) is 13.0 Å². The first kappa shape index (κ1) is 68.8. The summed E-state index contributed by atoms with van der Waals surface area (Å²) in [5.74, 6) is 0. The van der Waals surface area contributed by atoms with Crippen LogP contribution >= 0.6 is 0 Å². The average Bonchev–Trinajstić information content (AvgIpc) is 1.50. The molecule has 0 unspecified atom stereocenters. The monoisotopic (exact) mass is 1420 g/mol. The van der Waals surface area contributed by atoms with E-state index in [1.165, 1.54) is 128 Å². The smallest absolute Gasteiger partial charge is 0.0714 e. The van der Waals surface area contributed by atoms with E-state index < -0.39 is 10.8 Å². The van der Waals surface area contributed by atoms with Gasteiger partial charge in [-0.15, -0.1) is 0 Å². The number of aryl methyl sites for hydroxylation is 10. The van der Waals surface area contributed by atoms with Gasteiger partial charge in [0.25, 0.3) is 0 Å². The van der Waals surface area contributed by atoms with Crippen LogP contribution in [0.3, 0.4) is 0 Å². The Morgan fingerprint density at radius 1 is 0.173 bits per heavy atom. The molecule has 0 N–H and O–H groups in total. The van der Waals surface area contributed by atoms with Gasteiger partial charge in [-0.1, -0.05) is 256 Å². The summed E-state index contributed by atoms with van der Waals surface area (Å²) in [6.45, 7) is 21.8. The highest BCUT2D eigenvalue weighted by atomic mass is 15.2. The van der Waals surface area contributed by atoms with E-state index in [4.69, 9.17) is 0 Å². The second-order valence-electron chi connectivity index (χ2n) is 30.9. The highest BCUT2D eigenvalue weighted by Crippen LogP contribution is 2.65. The van der Waals surface area contributed by atoms with Crippen LogP contribution < -0.4 is 19.6 Å². The maximum Gasteiger partial charge on any atom is 0.0714 e. The van der Waals surface area contributed by atoms with Gasteiger partial charge in [0.2, 0.25) is 0 Å². The number of anilines is 12. The highest BCUT2D eigenvalue weighted by Gasteiger charge is 2.53. The SMILES string of the molecule is Cc1ccc(N(c2ccc(C)cc2)c2ccc(N(c3ccc(C)cc3)c3ccc4c(c3)C(c3ccc(C)cc3)(c3ccc(C)cc3)c3cc5c(cc3-4)C(c3ccc(C)cc3)(c3ccc(C)cc3)c3cc(N(c4ccc(C)cc4)c4ccc(N(c6ccc(C)cc6)c6ccc(C)cc6)cc4)c4ccccc4c3-5)cc2)cc1. The van der Waals surface area contributed by atoms with Crippen molar-refractivity contribution in [1.82, 2.24) is 0 Å². The van der Waals surface area contributed by atoms with Crippen molar-refractivity contribution in [2.75, 3.05) is 19.6 Å². The van der Waals surface area contributed by atoms with Crippen molar-refractivity contribution in [3.63, 3.8) is 0 Å². The minimum absolute atomic E-state index is 0.805. The molecule has 16 aromatic carbocycles. The standard InChI is InChI=1S/C106H88N4/c1-69-15-35-79(36-16-69)105(80-37-17-70(2)18-38-80)99-65-93(109(87-51-31-77(9)32-52-87)90-57-55-88(56-58-90)107(83-43-23-73(5)24-44-83)84-45-25-74(6)26-46-84)63-64-94(99)97-66-101-98(67-100(97)105)104-96-14-12-11-13-95(96)103(68-102(104)106(101,81-39-19-71(3)20-40-81)82-41-21-72(4)22-42-82)110(91-53-33-78(10)34-54-91)92-61-59-89(60-62-92)108(85-47-27-75(7)28-48-85)86-49-29-76(8)30-50-86/h11-68H,1-10H3. The molecule has 4 nitrogen and oxygen atoms in total. The van der Waals surface area contributed by atoms with Crippen LogP contribution in [0.15, 0.2) is 352 Å². The van der Waals surface area contributed by atoms with Gasteiger partial charge in [0.15, 0.2) is 0 Å². The van der Waals surface area contributed by atoms with E-state index in [0.29, 0.717) is 0 Å². The van der Waals surface area contributed by atoms with E-state index in [9.17, 15) is 0 Å². The molecule has 0 radical (unpaired) electrons. The van der Waals surface area contributed by atoms with Crippen LogP contribution in [0.25, 0.3) is 33.0 Å². The highest BCUT2D eigenvalue weighted by molar-refractivity contribution is 6.12. The summed E-state index contributed by atoms with van der Waals surface area (Å²) in [5, 5.41) is 2.35. The molecular weight excluding hydrogens is 1330 g/mol. The van der Waals surface area contributed by atoms with Gasteiger partial charge in [0.05, 0.1) is 16.5 Å². The Hall–Kier alpha value is -13.0. The van der Waals surface area contributed by atoms with Crippen LogP contribution in [0, 0.1) is 69.2 Å². The average molecular weight is 1420 g/mol. The van der Waals surface area contributed by atoms with Gasteiger partial charge in [-0.25, -0.2) is 0 Å². The Morgan fingerprint density at radius 3 is 0.718 bits per heavy atom. The Labute approximate surface area is 648 Å². The van der Waals surface area contributed by atoms with E-state index in [1.54, 1.807) is 0 Å². The van der Waals surface area contributed by atoms with Crippen LogP contribution in [-0.2, 0) is 10.8 Å². The molecule has 2 aliphatic rings. The first-order chi connectivity index (χ1) is 53.6. The number of fused-ring (bicyclic) bond motifs is 8. The van der Waals surface area contributed by atoms with Crippen molar-refractivity contribution in [2.24, 2.45) is 0 Å². The first-order valence-corrected chi connectivity index (χ1v) is 38.6. The summed E-state index contributed by atoms with van der Waals surface area (Å²) in [7, 11) is 0. The third kappa shape index (κ3) is 11.8. The van der Waals surface area contributed by atoms with Crippen molar-refractivity contribution in [2.45, 2.75) is 80.1 Å². The van der Waals surface area contributed by atoms with Crippen LogP contribution in [-0.4, -0.2) is 0 Å². The van der Waals surface area contributed by atoms with Gasteiger partial charge in [-0.2, -0.15) is 0 Å². The molecule has 0 bridgehead atoms. The van der Waals surface area contributed by atoms with Crippen molar-refractivity contribution in [1.29, 1.82) is 0 Å². The fraction of sp³-hybridized carbons (Fsp3) is 0.113. The lowest BCUT2D eigenvalue weighted by Crippen LogP contribution is -2.30. The van der Waals surface area contributed by atoms with E-state index in [2.05, 4.69) is 441 Å². The summed E-state index contributed by atoms with van der Waals surface area (Å²) in [6.07, 6.45) is 0. The Morgan fingerprint density at radius 2 is 0.400 bits per heavy atom. The van der Waals surface area contributed by atoms with Crippen molar-refractivity contribution >= 4 is 79.0 Å². The Balaban J connectivity index is 0.888. The maximum atomic E-state index is 2.66. The van der Waals surface area contributed by atoms with Crippen LogP contribution in [0.4, 0.5) is 68.2 Å². The molecular formula is C106H88N4. The second kappa shape index (κ2) is 27.6. The van der Waals surface area contributed by atoms with Crippen molar-refractivity contribution in [3.8, 4) is 22.3 Å². The third-order valence-corrected chi connectivity index (χ3v) is 23.3. The van der Waals surface area contributed by atoms with Gasteiger partial charge in [0, 0.05) is 67.9 Å². The van der Waals surface area contributed by atoms with Gasteiger partial charge in [-0.3, -0.25) is 0 Å². The summed E-state index contributed by atoms with van der Waals surface area (Å²) < 4.78 is 0. The zero-order valence-corrected chi connectivity index (χ0v) is 64.3. The minimum Gasteiger partial charge on any atom is -0.311 e. The quantitative estimate of drug-likeness (QED) is 0.0956. The van der Waals surface area contributed by atoms with E-state index in [0.717, 1.165) is 73.6 Å². The molecule has 0 fully saturated rings. The summed E-state index contributed by atoms with van der Waals surface area (Å²) in [5.41, 5.74) is 38.3. The number of rotatable bonds is 16. The molecule has 16 aromatic rings. The maximum absolute atomic E-state index is 2.66. The predicted octanol–water partition coefficient (Wildman–Crippen LogP) is 28.5. The zero-order chi connectivity index (χ0) is 75.1. The molecule has 0 spiro atoms. The first-order valence-electron chi connectivity index (χ1n) is 38.6. The van der Waals surface area contributed by atoms with Gasteiger partial charge >= 0.3 is 0 Å². The molecule has 0 amide bonds. The lowest BCUT2D eigenvalue weighted by Gasteiger charge is -2.36. The molecule has 0 atom stereocenters. The summed E-state index contributed by atoms with van der Waals surface area (Å²) >= 11 is 0. The molecule has 0 saturated heterocycles. The number of nitrogens with zero attached hydrogens (tertiary/aromatic N) is 4. The molecule has 18 rings (SSSR count). The fourth-order valence-electron chi connectivity index (χ4n) is 17.5. The summed E-state index contributed by atoms with van der Waals surface area (Å²) in [4.78, 5) is 9.70.